The smallest absolute Gasteiger partial charge is 0.222 e. The van der Waals surface area contributed by atoms with Gasteiger partial charge in [0.15, 0.2) is 0 Å². The maximum Gasteiger partial charge on any atom is 0.222 e. The van der Waals surface area contributed by atoms with Gasteiger partial charge in [-0.3, -0.25) is 9.48 Å². The lowest BCUT2D eigenvalue weighted by atomic mass is 10.2. The fraction of sp³-hybridized carbons (Fsp3) is 0.200. The number of aryl methyl sites for hydroxylation is 1. The quantitative estimate of drug-likeness (QED) is 0.779. The Kier molecular flexibility index (Phi) is 3.61. The summed E-state index contributed by atoms with van der Waals surface area (Å²) in [4.78, 5) is 12.9. The summed E-state index contributed by atoms with van der Waals surface area (Å²) in [6, 6.07) is 1.83. The molecule has 6 heteroatoms. The van der Waals surface area contributed by atoms with Crippen LogP contribution in [-0.4, -0.2) is 15.6 Å². The van der Waals surface area contributed by atoms with Crippen molar-refractivity contribution < 1.29 is 4.79 Å². The molecule has 0 fully saturated rings. The van der Waals surface area contributed by atoms with E-state index in [4.69, 9.17) is 0 Å². The number of rotatable bonds is 3. The van der Waals surface area contributed by atoms with Crippen molar-refractivity contribution in [3.63, 3.8) is 0 Å². The highest BCUT2D eigenvalue weighted by Gasteiger charge is 2.19. The second-order valence-electron chi connectivity index (χ2n) is 3.12. The van der Waals surface area contributed by atoms with Crippen molar-refractivity contribution in [2.45, 2.75) is 13.5 Å². The molecule has 0 radical (unpaired) electrons. The predicted octanol–water partition coefficient (Wildman–Crippen LogP) is 3.72. The number of carbonyl (C=O) groups excluding carboxylic acids is 1. The van der Waals surface area contributed by atoms with E-state index in [-0.39, 0.29) is 5.78 Å². The first kappa shape index (κ1) is 12.0. The third-order valence-electron chi connectivity index (χ3n) is 2.10. The molecule has 16 heavy (non-hydrogen) atoms. The molecule has 0 aliphatic heterocycles. The van der Waals surface area contributed by atoms with Crippen molar-refractivity contribution in [3.05, 3.63) is 37.2 Å². The van der Waals surface area contributed by atoms with E-state index >= 15 is 0 Å². The lowest BCUT2D eigenvalue weighted by Gasteiger charge is -2.02. The zero-order valence-corrected chi connectivity index (χ0v) is 12.4. The third kappa shape index (κ3) is 2.14. The molecule has 84 valence electrons. The molecule has 2 rings (SSSR count). The van der Waals surface area contributed by atoms with E-state index in [1.165, 1.54) is 11.3 Å². The lowest BCUT2D eigenvalue weighted by molar-refractivity contribution is 0.103. The largest absolute Gasteiger partial charge is 0.286 e. The van der Waals surface area contributed by atoms with Crippen molar-refractivity contribution in [2.75, 3.05) is 0 Å². The molecule has 0 N–H and O–H groups in total. The molecule has 2 aromatic rings. The zero-order valence-electron chi connectivity index (χ0n) is 8.41. The van der Waals surface area contributed by atoms with Crippen LogP contribution in [0.2, 0.25) is 0 Å². The summed E-state index contributed by atoms with van der Waals surface area (Å²) in [7, 11) is 0. The molecule has 0 saturated heterocycles. The van der Waals surface area contributed by atoms with E-state index in [9.17, 15) is 4.79 Å². The van der Waals surface area contributed by atoms with Gasteiger partial charge in [0.1, 0.15) is 5.69 Å². The zero-order chi connectivity index (χ0) is 11.7. The van der Waals surface area contributed by atoms with Crippen molar-refractivity contribution in [1.82, 2.24) is 9.78 Å². The minimum absolute atomic E-state index is 0.00178. The van der Waals surface area contributed by atoms with E-state index < -0.39 is 0 Å². The van der Waals surface area contributed by atoms with Gasteiger partial charge in [-0.25, -0.2) is 0 Å². The normalized spacial score (nSPS) is 10.7. The molecule has 2 aromatic heterocycles. The van der Waals surface area contributed by atoms with Crippen LogP contribution in [0.25, 0.3) is 0 Å². The maximum atomic E-state index is 12.2. The molecular formula is C10H8Br2N2OS. The average molecular weight is 364 g/mol. The molecule has 0 unspecified atom stereocenters. The summed E-state index contributed by atoms with van der Waals surface area (Å²) in [5.41, 5.74) is 0.608. The lowest BCUT2D eigenvalue weighted by Crippen LogP contribution is -2.09. The Morgan fingerprint density at radius 3 is 2.88 bits per heavy atom. The van der Waals surface area contributed by atoms with E-state index in [0.29, 0.717) is 17.1 Å². The molecule has 0 saturated carbocycles. The van der Waals surface area contributed by atoms with Crippen LogP contribution in [0.3, 0.4) is 0 Å². The summed E-state index contributed by atoms with van der Waals surface area (Å²) in [6.07, 6.45) is 1.65. The second kappa shape index (κ2) is 4.81. The first-order valence-electron chi connectivity index (χ1n) is 4.63. The Balaban J connectivity index is 2.44. The van der Waals surface area contributed by atoms with Crippen LogP contribution in [-0.2, 0) is 6.54 Å². The fourth-order valence-corrected chi connectivity index (χ4v) is 3.22. The molecule has 3 nitrogen and oxygen atoms in total. The monoisotopic (exact) mass is 362 g/mol. The van der Waals surface area contributed by atoms with Crippen LogP contribution in [0.5, 0.6) is 0 Å². The van der Waals surface area contributed by atoms with E-state index in [1.807, 2.05) is 18.4 Å². The van der Waals surface area contributed by atoms with Gasteiger partial charge < -0.3 is 0 Å². The highest BCUT2D eigenvalue weighted by atomic mass is 79.9. The van der Waals surface area contributed by atoms with Gasteiger partial charge in [-0.2, -0.15) is 5.10 Å². The highest BCUT2D eigenvalue weighted by Crippen LogP contribution is 2.25. The van der Waals surface area contributed by atoms with E-state index in [1.54, 1.807) is 10.9 Å². The molecule has 0 amide bonds. The Hall–Kier alpha value is -0.460. The molecule has 0 aliphatic carbocycles. The molecule has 0 aliphatic rings. The topological polar surface area (TPSA) is 34.9 Å². The Labute approximate surface area is 114 Å². The second-order valence-corrected chi connectivity index (χ2v) is 5.80. The van der Waals surface area contributed by atoms with Crippen LogP contribution in [0.15, 0.2) is 26.6 Å². The standard InChI is InChI=1S/C10H8Br2N2OS/c1-2-14-9(7(12)4-13-14)10(15)8-3-6(11)5-16-8/h3-5H,2H2,1H3. The van der Waals surface area contributed by atoms with Crippen molar-refractivity contribution in [1.29, 1.82) is 0 Å². The summed E-state index contributed by atoms with van der Waals surface area (Å²) in [6.45, 7) is 2.64. The number of ketones is 1. The Morgan fingerprint density at radius 2 is 2.31 bits per heavy atom. The van der Waals surface area contributed by atoms with Gasteiger partial charge in [-0.15, -0.1) is 11.3 Å². The SMILES string of the molecule is CCn1ncc(Br)c1C(=O)c1cc(Br)cs1. The van der Waals surface area contributed by atoms with E-state index in [2.05, 4.69) is 37.0 Å². The van der Waals surface area contributed by atoms with Gasteiger partial charge >= 0.3 is 0 Å². The number of halogens is 2. The predicted molar refractivity (Wildman–Crippen MR) is 71.1 cm³/mol. The van der Waals surface area contributed by atoms with Gasteiger partial charge in [0, 0.05) is 16.4 Å². The van der Waals surface area contributed by atoms with Crippen LogP contribution < -0.4 is 0 Å². The molecular weight excluding hydrogens is 356 g/mol. The first-order chi connectivity index (χ1) is 7.63. The number of nitrogens with zero attached hydrogens (tertiary/aromatic N) is 2. The third-order valence-corrected chi connectivity index (χ3v) is 4.37. The summed E-state index contributed by atoms with van der Waals surface area (Å²) in [5.74, 6) is 0.00178. The van der Waals surface area contributed by atoms with Crippen molar-refractivity contribution in [2.24, 2.45) is 0 Å². The summed E-state index contributed by atoms with van der Waals surface area (Å²) >= 11 is 8.12. The average Bonchev–Trinajstić information content (AvgIpc) is 2.83. The maximum absolute atomic E-state index is 12.2. The number of aromatic nitrogens is 2. The molecule has 0 aromatic carbocycles. The van der Waals surface area contributed by atoms with Gasteiger partial charge in [-0.05, 0) is 44.8 Å². The molecule has 0 spiro atoms. The molecule has 0 bridgehead atoms. The Bertz CT molecular complexity index is 533. The van der Waals surface area contributed by atoms with Crippen molar-refractivity contribution in [3.8, 4) is 0 Å². The Morgan fingerprint density at radius 1 is 1.56 bits per heavy atom. The van der Waals surface area contributed by atoms with E-state index in [0.717, 1.165) is 8.95 Å². The number of carbonyl (C=O) groups is 1. The number of hydrogen-bond acceptors (Lipinski definition) is 3. The fourth-order valence-electron chi connectivity index (χ4n) is 1.38. The van der Waals surface area contributed by atoms with Gasteiger partial charge in [0.2, 0.25) is 5.78 Å². The van der Waals surface area contributed by atoms with Crippen LogP contribution in [0, 0.1) is 0 Å². The van der Waals surface area contributed by atoms with Gasteiger partial charge in [0.25, 0.3) is 0 Å². The van der Waals surface area contributed by atoms with Crippen LogP contribution in [0.1, 0.15) is 22.3 Å². The van der Waals surface area contributed by atoms with Crippen molar-refractivity contribution >= 4 is 49.0 Å². The van der Waals surface area contributed by atoms with Crippen LogP contribution >= 0.6 is 43.2 Å². The molecule has 0 atom stereocenters. The molecule has 2 heterocycles. The first-order valence-corrected chi connectivity index (χ1v) is 7.10. The van der Waals surface area contributed by atoms with Gasteiger partial charge in [0.05, 0.1) is 15.5 Å². The minimum Gasteiger partial charge on any atom is -0.286 e. The number of hydrogen-bond donors (Lipinski definition) is 0. The van der Waals surface area contributed by atoms with Gasteiger partial charge in [-0.1, -0.05) is 0 Å². The summed E-state index contributed by atoms with van der Waals surface area (Å²) < 4.78 is 3.36. The number of thiophene rings is 1. The highest BCUT2D eigenvalue weighted by molar-refractivity contribution is 9.10. The minimum atomic E-state index is 0.00178. The summed E-state index contributed by atoms with van der Waals surface area (Å²) in [5, 5.41) is 6.03. The van der Waals surface area contributed by atoms with Crippen LogP contribution in [0.4, 0.5) is 0 Å².